The molecule has 170 valence electrons. The minimum absolute atomic E-state index is 0.748. The normalized spacial score (nSPS) is 11.6. The highest BCUT2D eigenvalue weighted by molar-refractivity contribution is 6.14. The first-order valence-corrected chi connectivity index (χ1v) is 12.2. The van der Waals surface area contributed by atoms with Gasteiger partial charge in [-0.2, -0.15) is 0 Å². The number of hydrogen-bond acceptors (Lipinski definition) is 4. The van der Waals surface area contributed by atoms with E-state index in [-0.39, 0.29) is 0 Å². The predicted octanol–water partition coefficient (Wildman–Crippen LogP) is 7.78. The smallest absolute Gasteiger partial charge is 0.129 e. The average molecular weight is 463 g/mol. The van der Waals surface area contributed by atoms with Crippen LogP contribution < -0.4 is 0 Å². The van der Waals surface area contributed by atoms with E-state index in [1.807, 2.05) is 24.5 Å². The molecule has 0 spiro atoms. The van der Waals surface area contributed by atoms with Crippen LogP contribution in [0.4, 0.5) is 0 Å². The van der Waals surface area contributed by atoms with Crippen molar-refractivity contribution in [1.82, 2.24) is 19.9 Å². The second-order valence-electron chi connectivity index (χ2n) is 9.00. The lowest BCUT2D eigenvalue weighted by Gasteiger charge is -2.14. The fraction of sp³-hybridized carbons (Fsp3) is 0.0625. The summed E-state index contributed by atoms with van der Waals surface area (Å²) in [6, 6.07) is 31.8. The van der Waals surface area contributed by atoms with Gasteiger partial charge in [0.05, 0.1) is 22.4 Å². The Balaban J connectivity index is 1.55. The van der Waals surface area contributed by atoms with Crippen molar-refractivity contribution < 1.29 is 0 Å². The summed E-state index contributed by atoms with van der Waals surface area (Å²) in [5.74, 6) is 0.822. The zero-order chi connectivity index (χ0) is 24.1. The maximum atomic E-state index is 5.01. The molecule has 0 amide bonds. The SMILES string of the molecule is CCc1nc(-c2cc3ccccc3c3ccccc23)cc(-c2cc3cccnc3c3ncccc23)n1. The minimum atomic E-state index is 0.748. The Morgan fingerprint density at radius 2 is 1.11 bits per heavy atom. The molecule has 0 unspecified atom stereocenters. The van der Waals surface area contributed by atoms with Crippen LogP contribution in [0.2, 0.25) is 0 Å². The lowest BCUT2D eigenvalue weighted by molar-refractivity contribution is 0.948. The van der Waals surface area contributed by atoms with Gasteiger partial charge in [0, 0.05) is 40.7 Å². The molecule has 4 nitrogen and oxygen atoms in total. The van der Waals surface area contributed by atoms with Gasteiger partial charge in [0.15, 0.2) is 0 Å². The highest BCUT2D eigenvalue weighted by Crippen LogP contribution is 2.37. The van der Waals surface area contributed by atoms with Crippen LogP contribution >= 0.6 is 0 Å². The Hall–Kier alpha value is -4.70. The van der Waals surface area contributed by atoms with Crippen molar-refractivity contribution in [2.75, 3.05) is 0 Å². The molecule has 0 N–H and O–H groups in total. The number of hydrogen-bond donors (Lipinski definition) is 0. The van der Waals surface area contributed by atoms with Gasteiger partial charge in [-0.3, -0.25) is 9.97 Å². The van der Waals surface area contributed by atoms with Crippen LogP contribution in [0, 0.1) is 0 Å². The highest BCUT2D eigenvalue weighted by atomic mass is 14.9. The molecular formula is C32H22N4. The first kappa shape index (κ1) is 20.7. The van der Waals surface area contributed by atoms with E-state index in [9.17, 15) is 0 Å². The molecule has 0 aliphatic carbocycles. The number of fused-ring (bicyclic) bond motifs is 6. The van der Waals surface area contributed by atoms with Crippen molar-refractivity contribution in [1.29, 1.82) is 0 Å². The van der Waals surface area contributed by atoms with Crippen LogP contribution in [0.3, 0.4) is 0 Å². The first-order valence-electron chi connectivity index (χ1n) is 12.2. The maximum Gasteiger partial charge on any atom is 0.129 e. The summed E-state index contributed by atoms with van der Waals surface area (Å²) in [6.45, 7) is 2.10. The third-order valence-corrected chi connectivity index (χ3v) is 6.87. The molecule has 0 atom stereocenters. The number of rotatable bonds is 3. The Morgan fingerprint density at radius 3 is 1.92 bits per heavy atom. The molecule has 36 heavy (non-hydrogen) atoms. The summed E-state index contributed by atoms with van der Waals surface area (Å²) in [5, 5.41) is 6.97. The van der Waals surface area contributed by atoms with E-state index in [4.69, 9.17) is 9.97 Å². The highest BCUT2D eigenvalue weighted by Gasteiger charge is 2.16. The van der Waals surface area contributed by atoms with Crippen LogP contribution in [0.5, 0.6) is 0 Å². The van der Waals surface area contributed by atoms with E-state index < -0.39 is 0 Å². The molecule has 0 fully saturated rings. The van der Waals surface area contributed by atoms with Crippen LogP contribution in [0.15, 0.2) is 103 Å². The van der Waals surface area contributed by atoms with Gasteiger partial charge in [-0.15, -0.1) is 0 Å². The fourth-order valence-corrected chi connectivity index (χ4v) is 5.19. The zero-order valence-electron chi connectivity index (χ0n) is 19.8. The molecule has 7 rings (SSSR count). The van der Waals surface area contributed by atoms with Crippen molar-refractivity contribution >= 4 is 43.4 Å². The summed E-state index contributed by atoms with van der Waals surface area (Å²) < 4.78 is 0. The molecule has 4 aromatic carbocycles. The first-order chi connectivity index (χ1) is 17.8. The summed E-state index contributed by atoms with van der Waals surface area (Å²) in [5.41, 5.74) is 5.79. The number of nitrogens with zero attached hydrogens (tertiary/aromatic N) is 4. The summed E-state index contributed by atoms with van der Waals surface area (Å²) in [4.78, 5) is 19.3. The van der Waals surface area contributed by atoms with Gasteiger partial charge in [-0.05, 0) is 51.9 Å². The molecule has 3 aromatic heterocycles. The maximum absolute atomic E-state index is 5.01. The quantitative estimate of drug-likeness (QED) is 0.252. The van der Waals surface area contributed by atoms with Crippen molar-refractivity contribution in [3.05, 3.63) is 109 Å². The Bertz CT molecular complexity index is 1800. The third-order valence-electron chi connectivity index (χ3n) is 6.87. The molecule has 7 aromatic rings. The van der Waals surface area contributed by atoms with E-state index >= 15 is 0 Å². The summed E-state index contributed by atoms with van der Waals surface area (Å²) in [6.07, 6.45) is 4.39. The van der Waals surface area contributed by atoms with E-state index in [2.05, 4.69) is 95.8 Å². The number of pyridine rings is 2. The molecule has 4 heteroatoms. The minimum Gasteiger partial charge on any atom is -0.254 e. The summed E-state index contributed by atoms with van der Waals surface area (Å²) >= 11 is 0. The van der Waals surface area contributed by atoms with Crippen LogP contribution in [0.25, 0.3) is 65.9 Å². The average Bonchev–Trinajstić information content (AvgIpc) is 2.96. The Labute approximate surface area is 208 Å². The number of aromatic nitrogens is 4. The van der Waals surface area contributed by atoms with Crippen molar-refractivity contribution in [2.45, 2.75) is 13.3 Å². The van der Waals surface area contributed by atoms with Crippen molar-refractivity contribution in [3.63, 3.8) is 0 Å². The van der Waals surface area contributed by atoms with E-state index in [1.54, 1.807) is 0 Å². The molecule has 0 saturated heterocycles. The fourth-order valence-electron chi connectivity index (χ4n) is 5.19. The number of aryl methyl sites for hydroxylation is 1. The van der Waals surface area contributed by atoms with E-state index in [0.717, 1.165) is 56.6 Å². The lowest BCUT2D eigenvalue weighted by atomic mass is 9.94. The molecule has 0 aliphatic heterocycles. The summed E-state index contributed by atoms with van der Waals surface area (Å²) in [7, 11) is 0. The van der Waals surface area contributed by atoms with Crippen molar-refractivity contribution in [2.24, 2.45) is 0 Å². The second-order valence-corrected chi connectivity index (χ2v) is 9.00. The van der Waals surface area contributed by atoms with Gasteiger partial charge in [-0.1, -0.05) is 67.6 Å². The second kappa shape index (κ2) is 8.21. The van der Waals surface area contributed by atoms with Gasteiger partial charge in [0.25, 0.3) is 0 Å². The van der Waals surface area contributed by atoms with Gasteiger partial charge in [0.2, 0.25) is 0 Å². The Kier molecular flexibility index (Phi) is 4.71. The predicted molar refractivity (Wildman–Crippen MR) is 148 cm³/mol. The molecular weight excluding hydrogens is 440 g/mol. The Morgan fingerprint density at radius 1 is 0.528 bits per heavy atom. The monoisotopic (exact) mass is 462 g/mol. The molecule has 0 radical (unpaired) electrons. The lowest BCUT2D eigenvalue weighted by Crippen LogP contribution is -1.99. The van der Waals surface area contributed by atoms with Gasteiger partial charge < -0.3 is 0 Å². The number of benzene rings is 4. The van der Waals surface area contributed by atoms with E-state index in [1.165, 1.54) is 21.5 Å². The topological polar surface area (TPSA) is 51.6 Å². The van der Waals surface area contributed by atoms with Gasteiger partial charge >= 0.3 is 0 Å². The molecule has 0 aliphatic rings. The molecule has 0 bridgehead atoms. The largest absolute Gasteiger partial charge is 0.254 e. The van der Waals surface area contributed by atoms with Gasteiger partial charge in [0.1, 0.15) is 5.82 Å². The van der Waals surface area contributed by atoms with Crippen LogP contribution in [-0.4, -0.2) is 19.9 Å². The standard InChI is InChI=1S/C32H22N4/c1-2-30-35-28(26-17-20-9-3-4-11-22(20)23-12-5-6-13-24(23)26)19-29(36-30)27-18-21-10-7-15-33-31(21)32-25(27)14-8-16-34-32/h3-19H,2H2,1H3. The third kappa shape index (κ3) is 3.23. The molecule has 3 heterocycles. The van der Waals surface area contributed by atoms with E-state index in [0.29, 0.717) is 0 Å². The van der Waals surface area contributed by atoms with Crippen LogP contribution in [0.1, 0.15) is 12.7 Å². The zero-order valence-corrected chi connectivity index (χ0v) is 19.8. The van der Waals surface area contributed by atoms with Crippen molar-refractivity contribution in [3.8, 4) is 22.5 Å². The van der Waals surface area contributed by atoms with Crippen LogP contribution in [-0.2, 0) is 6.42 Å². The van der Waals surface area contributed by atoms with Gasteiger partial charge in [-0.25, -0.2) is 9.97 Å². The molecule has 0 saturated carbocycles.